The predicted molar refractivity (Wildman–Crippen MR) is 91.5 cm³/mol. The minimum absolute atomic E-state index is 0.486. The van der Waals surface area contributed by atoms with Gasteiger partial charge in [0.1, 0.15) is 12.4 Å². The second kappa shape index (κ2) is 7.42. The Morgan fingerprint density at radius 3 is 2.71 bits per heavy atom. The summed E-state index contributed by atoms with van der Waals surface area (Å²) >= 11 is 7.12. The van der Waals surface area contributed by atoms with Crippen molar-refractivity contribution in [3.05, 3.63) is 44.1 Å². The van der Waals surface area contributed by atoms with Crippen LogP contribution in [0.25, 0.3) is 0 Å². The maximum absolute atomic E-state index is 5.90. The molecule has 6 heteroatoms. The fourth-order valence-electron chi connectivity index (χ4n) is 2.02. The summed E-state index contributed by atoms with van der Waals surface area (Å²) in [5, 5.41) is 7.69. The maximum Gasteiger partial charge on any atom is 0.131 e. The van der Waals surface area contributed by atoms with Crippen LogP contribution in [-0.2, 0) is 20.2 Å². The molecule has 0 aliphatic rings. The number of ether oxygens (including phenoxy) is 1. The fourth-order valence-corrected chi connectivity index (χ4v) is 2.86. The Morgan fingerprint density at radius 2 is 2.10 bits per heavy atom. The van der Waals surface area contributed by atoms with Crippen molar-refractivity contribution >= 4 is 31.9 Å². The molecule has 0 saturated carbocycles. The summed E-state index contributed by atoms with van der Waals surface area (Å²) in [6, 6.07) is 6.05. The van der Waals surface area contributed by atoms with Gasteiger partial charge in [-0.2, -0.15) is 5.10 Å². The summed E-state index contributed by atoms with van der Waals surface area (Å²) < 4.78 is 9.85. The number of hydrogen-bond donors (Lipinski definition) is 1. The largest absolute Gasteiger partial charge is 0.487 e. The molecule has 0 spiro atoms. The first-order valence-corrected chi connectivity index (χ1v) is 8.41. The molecule has 0 atom stereocenters. The third-order valence-electron chi connectivity index (χ3n) is 3.22. The Hall–Kier alpha value is -0.850. The molecule has 1 aromatic heterocycles. The number of benzene rings is 1. The molecule has 114 valence electrons. The summed E-state index contributed by atoms with van der Waals surface area (Å²) in [7, 11) is 1.93. The zero-order chi connectivity index (χ0) is 15.4. The molecule has 0 amide bonds. The fraction of sp³-hybridized carbons (Fsp3) is 0.400. The van der Waals surface area contributed by atoms with E-state index in [-0.39, 0.29) is 0 Å². The molecule has 1 aromatic carbocycles. The van der Waals surface area contributed by atoms with Gasteiger partial charge < -0.3 is 10.1 Å². The lowest BCUT2D eigenvalue weighted by Crippen LogP contribution is -2.12. The van der Waals surface area contributed by atoms with Crippen LogP contribution in [-0.4, -0.2) is 16.3 Å². The van der Waals surface area contributed by atoms with E-state index < -0.39 is 0 Å². The van der Waals surface area contributed by atoms with Gasteiger partial charge in [-0.3, -0.25) is 4.68 Å². The number of hydrogen-bond acceptors (Lipinski definition) is 3. The molecule has 1 N–H and O–H groups in total. The summed E-state index contributed by atoms with van der Waals surface area (Å²) in [6.07, 6.45) is 0. The van der Waals surface area contributed by atoms with Crippen LogP contribution in [0.2, 0.25) is 0 Å². The van der Waals surface area contributed by atoms with Gasteiger partial charge in [-0.1, -0.05) is 22.9 Å². The van der Waals surface area contributed by atoms with Crippen molar-refractivity contribution < 1.29 is 4.74 Å². The van der Waals surface area contributed by atoms with Gasteiger partial charge in [0.2, 0.25) is 0 Å². The molecular formula is C15H19Br2N3O. The van der Waals surface area contributed by atoms with Crippen LogP contribution in [0, 0.1) is 6.92 Å². The topological polar surface area (TPSA) is 39.1 Å². The normalized spacial score (nSPS) is 10.9. The number of nitrogens with one attached hydrogen (secondary N) is 1. The Balaban J connectivity index is 2.09. The van der Waals surface area contributed by atoms with Gasteiger partial charge in [0.25, 0.3) is 0 Å². The molecule has 4 nitrogen and oxygen atoms in total. The molecule has 0 aliphatic carbocycles. The Kier molecular flexibility index (Phi) is 5.84. The van der Waals surface area contributed by atoms with Gasteiger partial charge >= 0.3 is 0 Å². The van der Waals surface area contributed by atoms with Crippen LogP contribution in [0.5, 0.6) is 5.75 Å². The second-order valence-corrected chi connectivity index (χ2v) is 6.44. The van der Waals surface area contributed by atoms with E-state index in [1.807, 2.05) is 30.8 Å². The Morgan fingerprint density at radius 1 is 1.33 bits per heavy atom. The maximum atomic E-state index is 5.90. The van der Waals surface area contributed by atoms with Crippen molar-refractivity contribution in [1.82, 2.24) is 15.1 Å². The van der Waals surface area contributed by atoms with E-state index in [0.717, 1.165) is 39.2 Å². The van der Waals surface area contributed by atoms with Crippen molar-refractivity contribution in [1.29, 1.82) is 0 Å². The van der Waals surface area contributed by atoms with E-state index in [4.69, 9.17) is 4.74 Å². The van der Waals surface area contributed by atoms with E-state index in [1.165, 1.54) is 5.56 Å². The SMILES string of the molecule is CCNCc1cc(OCc2c(Br)c(C)nn2C)ccc1Br. The lowest BCUT2D eigenvalue weighted by molar-refractivity contribution is 0.293. The van der Waals surface area contributed by atoms with Gasteiger partial charge in [-0.15, -0.1) is 0 Å². The molecule has 0 saturated heterocycles. The molecule has 21 heavy (non-hydrogen) atoms. The molecule has 0 bridgehead atoms. The Bertz CT molecular complexity index is 626. The van der Waals surface area contributed by atoms with Crippen LogP contribution in [0.3, 0.4) is 0 Å². The highest BCUT2D eigenvalue weighted by molar-refractivity contribution is 9.10. The number of halogens is 2. The average Bonchev–Trinajstić information content (AvgIpc) is 2.70. The average molecular weight is 417 g/mol. The van der Waals surface area contributed by atoms with Crippen LogP contribution in [0.1, 0.15) is 23.9 Å². The van der Waals surface area contributed by atoms with Crippen LogP contribution < -0.4 is 10.1 Å². The minimum atomic E-state index is 0.486. The van der Waals surface area contributed by atoms with E-state index in [0.29, 0.717) is 6.61 Å². The van der Waals surface area contributed by atoms with Crippen molar-refractivity contribution in [2.45, 2.75) is 27.0 Å². The molecule has 0 aliphatic heterocycles. The van der Waals surface area contributed by atoms with E-state index >= 15 is 0 Å². The first-order chi connectivity index (χ1) is 10.0. The molecule has 2 aromatic rings. The molecule has 1 heterocycles. The van der Waals surface area contributed by atoms with Crippen molar-refractivity contribution in [3.8, 4) is 5.75 Å². The molecular weight excluding hydrogens is 398 g/mol. The van der Waals surface area contributed by atoms with Crippen molar-refractivity contribution in [2.75, 3.05) is 6.54 Å². The molecule has 0 fully saturated rings. The summed E-state index contributed by atoms with van der Waals surface area (Å²) in [4.78, 5) is 0. The van der Waals surface area contributed by atoms with Gasteiger partial charge in [0.15, 0.2) is 0 Å². The Labute approximate surface area is 142 Å². The van der Waals surface area contributed by atoms with Gasteiger partial charge in [0.05, 0.1) is 15.9 Å². The van der Waals surface area contributed by atoms with Crippen molar-refractivity contribution in [2.24, 2.45) is 7.05 Å². The monoisotopic (exact) mass is 415 g/mol. The quantitative estimate of drug-likeness (QED) is 0.774. The first kappa shape index (κ1) is 16.5. The molecule has 0 unspecified atom stereocenters. The smallest absolute Gasteiger partial charge is 0.131 e. The first-order valence-electron chi connectivity index (χ1n) is 6.82. The van der Waals surface area contributed by atoms with Gasteiger partial charge in [-0.25, -0.2) is 0 Å². The third kappa shape index (κ3) is 4.08. The highest BCUT2D eigenvalue weighted by atomic mass is 79.9. The zero-order valence-corrected chi connectivity index (χ0v) is 15.6. The number of aromatic nitrogens is 2. The zero-order valence-electron chi connectivity index (χ0n) is 12.4. The lowest BCUT2D eigenvalue weighted by Gasteiger charge is -2.11. The van der Waals surface area contributed by atoms with Crippen molar-refractivity contribution in [3.63, 3.8) is 0 Å². The number of nitrogens with zero attached hydrogens (tertiary/aromatic N) is 2. The minimum Gasteiger partial charge on any atom is -0.487 e. The van der Waals surface area contributed by atoms with E-state index in [1.54, 1.807) is 0 Å². The van der Waals surface area contributed by atoms with Crippen LogP contribution in [0.15, 0.2) is 27.1 Å². The van der Waals surface area contributed by atoms with Gasteiger partial charge in [0, 0.05) is 18.1 Å². The van der Waals surface area contributed by atoms with Gasteiger partial charge in [-0.05, 0) is 53.2 Å². The van der Waals surface area contributed by atoms with Crippen LogP contribution in [0.4, 0.5) is 0 Å². The molecule has 0 radical (unpaired) electrons. The summed E-state index contributed by atoms with van der Waals surface area (Å²) in [5.74, 6) is 0.858. The third-order valence-corrected chi connectivity index (χ3v) is 5.02. The number of aryl methyl sites for hydroxylation is 2. The lowest BCUT2D eigenvalue weighted by atomic mass is 10.2. The van der Waals surface area contributed by atoms with E-state index in [9.17, 15) is 0 Å². The highest BCUT2D eigenvalue weighted by Gasteiger charge is 2.11. The van der Waals surface area contributed by atoms with E-state index in [2.05, 4.69) is 55.3 Å². The summed E-state index contributed by atoms with van der Waals surface area (Å²) in [5.41, 5.74) is 3.19. The predicted octanol–water partition coefficient (Wildman–Crippen LogP) is 3.94. The highest BCUT2D eigenvalue weighted by Crippen LogP contribution is 2.25. The molecule has 2 rings (SSSR count). The number of rotatable bonds is 6. The second-order valence-electron chi connectivity index (χ2n) is 4.79. The summed E-state index contributed by atoms with van der Waals surface area (Å²) in [6.45, 7) is 6.32. The standard InChI is InChI=1S/C15H19Br2N3O/c1-4-18-8-11-7-12(5-6-13(11)16)21-9-14-15(17)10(2)19-20(14)3/h5-7,18H,4,8-9H2,1-3H3. The van der Waals surface area contributed by atoms with Crippen LogP contribution >= 0.6 is 31.9 Å².